The lowest BCUT2D eigenvalue weighted by Gasteiger charge is -2.10. The highest BCUT2D eigenvalue weighted by Gasteiger charge is 2.16. The number of nitrogens with zero attached hydrogens (tertiary/aromatic N) is 3. The van der Waals surface area contributed by atoms with Crippen LogP contribution < -0.4 is 11.0 Å². The van der Waals surface area contributed by atoms with Gasteiger partial charge in [0.05, 0.1) is 30.8 Å². The number of aromatic nitrogens is 2. The van der Waals surface area contributed by atoms with Crippen molar-refractivity contribution in [1.82, 2.24) is 15.2 Å². The predicted octanol–water partition coefficient (Wildman–Crippen LogP) is 3.00. The number of nitrogens with one attached hydrogen (secondary N) is 1. The lowest BCUT2D eigenvalue weighted by atomic mass is 10.1. The first-order valence-corrected chi connectivity index (χ1v) is 10.1. The summed E-state index contributed by atoms with van der Waals surface area (Å²) in [5, 5.41) is 9.16. The first-order valence-electron chi connectivity index (χ1n) is 10.1. The highest BCUT2D eigenvalue weighted by atomic mass is 16.5. The maximum absolute atomic E-state index is 12.9. The van der Waals surface area contributed by atoms with Crippen molar-refractivity contribution >= 4 is 28.9 Å². The van der Waals surface area contributed by atoms with Gasteiger partial charge in [-0.25, -0.2) is 14.9 Å². The first kappa shape index (κ1) is 21.6. The fourth-order valence-corrected chi connectivity index (χ4v) is 3.31. The van der Waals surface area contributed by atoms with Crippen LogP contribution >= 0.6 is 0 Å². The molecule has 4 aromatic rings. The number of carbonyl (C=O) groups is 2. The quantitative estimate of drug-likeness (QED) is 0.282. The Morgan fingerprint density at radius 3 is 2.33 bits per heavy atom. The third-order valence-electron chi connectivity index (χ3n) is 4.97. The van der Waals surface area contributed by atoms with Gasteiger partial charge in [0.25, 0.3) is 11.5 Å². The van der Waals surface area contributed by atoms with Crippen LogP contribution in [0.25, 0.3) is 10.8 Å². The molecule has 1 N–H and O–H groups in total. The predicted molar refractivity (Wildman–Crippen MR) is 124 cm³/mol. The van der Waals surface area contributed by atoms with Crippen LogP contribution in [0, 0.1) is 0 Å². The number of fused-ring (bicyclic) bond motifs is 1. The van der Waals surface area contributed by atoms with E-state index < -0.39 is 11.9 Å². The van der Waals surface area contributed by atoms with Gasteiger partial charge in [0.1, 0.15) is 0 Å². The summed E-state index contributed by atoms with van der Waals surface area (Å²) >= 11 is 0. The van der Waals surface area contributed by atoms with Crippen molar-refractivity contribution in [3.63, 3.8) is 0 Å². The zero-order valence-corrected chi connectivity index (χ0v) is 17.8. The van der Waals surface area contributed by atoms with E-state index in [1.807, 2.05) is 30.3 Å². The van der Waals surface area contributed by atoms with Crippen LogP contribution in [0.3, 0.4) is 0 Å². The summed E-state index contributed by atoms with van der Waals surface area (Å²) < 4.78 is 5.95. The standard InChI is InChI=1S/C25H20N4O4/c1-33-25(32)19-13-11-17(12-14-19)15-26-27-23(30)22-20-9-5-6-10-21(20)24(31)29(28-22)16-18-7-3-2-4-8-18/h2-15H,16H2,1H3,(H,27,30)/b26-15-. The fourth-order valence-electron chi connectivity index (χ4n) is 3.31. The Hall–Kier alpha value is -4.59. The number of carbonyl (C=O) groups excluding carboxylic acids is 2. The summed E-state index contributed by atoms with van der Waals surface area (Å²) in [5.74, 6) is -0.981. The minimum Gasteiger partial charge on any atom is -0.465 e. The van der Waals surface area contributed by atoms with Crippen molar-refractivity contribution in [3.8, 4) is 0 Å². The molecule has 1 heterocycles. The molecule has 0 aliphatic rings. The summed E-state index contributed by atoms with van der Waals surface area (Å²) in [5.41, 5.74) is 4.26. The second-order valence-electron chi connectivity index (χ2n) is 7.16. The Morgan fingerprint density at radius 1 is 0.970 bits per heavy atom. The molecule has 0 unspecified atom stereocenters. The minimum atomic E-state index is -0.546. The number of hydrogen-bond donors (Lipinski definition) is 1. The van der Waals surface area contributed by atoms with Crippen molar-refractivity contribution in [3.05, 3.63) is 112 Å². The Balaban J connectivity index is 1.59. The van der Waals surface area contributed by atoms with E-state index in [-0.39, 0.29) is 17.8 Å². The minimum absolute atomic E-state index is 0.0966. The molecule has 0 saturated carbocycles. The molecule has 8 nitrogen and oxygen atoms in total. The van der Waals surface area contributed by atoms with Crippen LogP contribution in [0.15, 0.2) is 88.8 Å². The van der Waals surface area contributed by atoms with E-state index in [2.05, 4.69) is 20.4 Å². The van der Waals surface area contributed by atoms with E-state index in [0.717, 1.165) is 5.56 Å². The number of rotatable bonds is 6. The monoisotopic (exact) mass is 440 g/mol. The summed E-state index contributed by atoms with van der Waals surface area (Å²) in [6, 6.07) is 22.8. The van der Waals surface area contributed by atoms with Gasteiger partial charge in [0, 0.05) is 5.39 Å². The maximum atomic E-state index is 12.9. The molecule has 8 heteroatoms. The van der Waals surface area contributed by atoms with Crippen LogP contribution in [-0.4, -0.2) is 35.0 Å². The zero-order valence-electron chi connectivity index (χ0n) is 17.8. The molecule has 0 spiro atoms. The second-order valence-corrected chi connectivity index (χ2v) is 7.16. The molecule has 33 heavy (non-hydrogen) atoms. The van der Waals surface area contributed by atoms with Gasteiger partial charge >= 0.3 is 5.97 Å². The molecule has 1 amide bonds. The van der Waals surface area contributed by atoms with Gasteiger partial charge in [-0.05, 0) is 29.3 Å². The number of methoxy groups -OCH3 is 1. The van der Waals surface area contributed by atoms with Crippen LogP contribution in [0.2, 0.25) is 0 Å². The lowest BCUT2D eigenvalue weighted by Crippen LogP contribution is -2.29. The van der Waals surface area contributed by atoms with Crippen molar-refractivity contribution in [2.24, 2.45) is 5.10 Å². The van der Waals surface area contributed by atoms with Gasteiger partial charge in [0.15, 0.2) is 5.69 Å². The van der Waals surface area contributed by atoms with Gasteiger partial charge < -0.3 is 4.74 Å². The molecule has 3 aromatic carbocycles. The smallest absolute Gasteiger partial charge is 0.337 e. The first-order chi connectivity index (χ1) is 16.1. The van der Waals surface area contributed by atoms with E-state index in [9.17, 15) is 14.4 Å². The maximum Gasteiger partial charge on any atom is 0.337 e. The number of benzene rings is 3. The van der Waals surface area contributed by atoms with Gasteiger partial charge in [-0.3, -0.25) is 9.59 Å². The van der Waals surface area contributed by atoms with Crippen LogP contribution in [0.4, 0.5) is 0 Å². The Labute approximate surface area is 189 Å². The topological polar surface area (TPSA) is 103 Å². The Kier molecular flexibility index (Phi) is 6.36. The molecule has 1 aromatic heterocycles. The van der Waals surface area contributed by atoms with Crippen molar-refractivity contribution in [2.75, 3.05) is 7.11 Å². The third-order valence-corrected chi connectivity index (χ3v) is 4.97. The van der Waals surface area contributed by atoms with Crippen LogP contribution in [-0.2, 0) is 11.3 Å². The molecule has 0 radical (unpaired) electrons. The van der Waals surface area contributed by atoms with E-state index in [1.54, 1.807) is 48.5 Å². The average molecular weight is 440 g/mol. The van der Waals surface area contributed by atoms with Gasteiger partial charge in [-0.2, -0.15) is 10.2 Å². The molecular weight excluding hydrogens is 420 g/mol. The average Bonchev–Trinajstić information content (AvgIpc) is 2.86. The Morgan fingerprint density at radius 2 is 1.64 bits per heavy atom. The summed E-state index contributed by atoms with van der Waals surface area (Å²) in [6.07, 6.45) is 1.45. The molecule has 0 atom stereocenters. The number of hydrazone groups is 1. The number of amides is 1. The molecule has 0 fully saturated rings. The van der Waals surface area contributed by atoms with Crippen LogP contribution in [0.1, 0.15) is 32.0 Å². The van der Waals surface area contributed by atoms with Crippen molar-refractivity contribution < 1.29 is 14.3 Å². The van der Waals surface area contributed by atoms with E-state index in [1.165, 1.54) is 18.0 Å². The van der Waals surface area contributed by atoms with E-state index in [4.69, 9.17) is 0 Å². The SMILES string of the molecule is COC(=O)c1ccc(/C=N\NC(=O)c2nn(Cc3ccccc3)c(=O)c3ccccc23)cc1. The Bertz CT molecular complexity index is 1390. The van der Waals surface area contributed by atoms with Crippen molar-refractivity contribution in [2.45, 2.75) is 6.54 Å². The molecule has 0 aliphatic carbocycles. The third kappa shape index (κ3) is 4.85. The summed E-state index contributed by atoms with van der Waals surface area (Å²) in [4.78, 5) is 37.3. The molecule has 4 rings (SSSR count). The highest BCUT2D eigenvalue weighted by molar-refractivity contribution is 6.05. The van der Waals surface area contributed by atoms with Gasteiger partial charge in [-0.1, -0.05) is 60.7 Å². The molecule has 0 bridgehead atoms. The normalized spacial score (nSPS) is 10.9. The lowest BCUT2D eigenvalue weighted by molar-refractivity contribution is 0.0600. The second kappa shape index (κ2) is 9.69. The number of hydrogen-bond acceptors (Lipinski definition) is 6. The van der Waals surface area contributed by atoms with Gasteiger partial charge in [0.2, 0.25) is 0 Å². The number of ether oxygens (including phenoxy) is 1. The number of esters is 1. The highest BCUT2D eigenvalue weighted by Crippen LogP contribution is 2.14. The van der Waals surface area contributed by atoms with Crippen molar-refractivity contribution in [1.29, 1.82) is 0 Å². The molecule has 0 saturated heterocycles. The van der Waals surface area contributed by atoms with E-state index >= 15 is 0 Å². The fraction of sp³-hybridized carbons (Fsp3) is 0.0800. The van der Waals surface area contributed by atoms with E-state index in [0.29, 0.717) is 21.9 Å². The molecule has 164 valence electrons. The van der Waals surface area contributed by atoms with Crippen LogP contribution in [0.5, 0.6) is 0 Å². The summed E-state index contributed by atoms with van der Waals surface area (Å²) in [7, 11) is 1.31. The largest absolute Gasteiger partial charge is 0.465 e. The molecular formula is C25H20N4O4. The zero-order chi connectivity index (χ0) is 23.2. The summed E-state index contributed by atoms with van der Waals surface area (Å²) in [6.45, 7) is 0.237. The van der Waals surface area contributed by atoms with Gasteiger partial charge in [-0.15, -0.1) is 0 Å². The molecule has 0 aliphatic heterocycles.